The summed E-state index contributed by atoms with van der Waals surface area (Å²) in [5.41, 5.74) is 6.33. The van der Waals surface area contributed by atoms with Crippen molar-refractivity contribution in [2.75, 3.05) is 0 Å². The Morgan fingerprint density at radius 1 is 1.16 bits per heavy atom. The number of nitrogens with one attached hydrogen (secondary N) is 1. The molecule has 2 rings (SSSR count). The minimum absolute atomic E-state index is 0. The van der Waals surface area contributed by atoms with Crippen molar-refractivity contribution in [3.63, 3.8) is 0 Å². The maximum atomic E-state index is 13.5. The molecule has 0 aliphatic heterocycles. The minimum atomic E-state index is -0.548. The number of rotatable bonds is 4. The second kappa shape index (κ2) is 6.75. The van der Waals surface area contributed by atoms with Crippen molar-refractivity contribution < 1.29 is 9.13 Å². The van der Waals surface area contributed by atoms with Crippen LogP contribution in [0.1, 0.15) is 11.1 Å². The van der Waals surface area contributed by atoms with Gasteiger partial charge in [0.25, 0.3) is 0 Å². The van der Waals surface area contributed by atoms with E-state index >= 15 is 0 Å². The van der Waals surface area contributed by atoms with E-state index in [1.165, 1.54) is 12.1 Å². The van der Waals surface area contributed by atoms with E-state index in [9.17, 15) is 4.39 Å². The molecule has 0 aliphatic carbocycles. The van der Waals surface area contributed by atoms with Crippen LogP contribution >= 0.6 is 12.4 Å². The predicted molar refractivity (Wildman–Crippen MR) is 75.4 cm³/mol. The summed E-state index contributed by atoms with van der Waals surface area (Å²) in [4.78, 5) is 0. The van der Waals surface area contributed by atoms with Gasteiger partial charge in [0.1, 0.15) is 24.0 Å². The molecule has 0 aliphatic rings. The maximum Gasteiger partial charge on any atom is 0.137 e. The fourth-order valence-corrected chi connectivity index (χ4v) is 1.54. The average Bonchev–Trinajstić information content (AvgIpc) is 2.37. The molecule has 0 spiro atoms. The monoisotopic (exact) mass is 280 g/mol. The van der Waals surface area contributed by atoms with Gasteiger partial charge in [0, 0.05) is 6.07 Å². The van der Waals surface area contributed by atoms with Crippen LogP contribution in [0.15, 0.2) is 48.5 Å². The molecule has 3 nitrogen and oxygen atoms in total. The molecule has 3 N–H and O–H groups in total. The maximum absolute atomic E-state index is 13.5. The highest BCUT2D eigenvalue weighted by Gasteiger charge is 2.06. The molecule has 0 bridgehead atoms. The average molecular weight is 281 g/mol. The standard InChI is InChI=1S/C14H13FN2O.ClH/c15-13-8-11(6-7-12(13)14(16)17)18-9-10-4-2-1-3-5-10;/h1-8H,9H2,(H3,16,17);1H. The van der Waals surface area contributed by atoms with Crippen molar-refractivity contribution in [1.29, 1.82) is 5.41 Å². The van der Waals surface area contributed by atoms with Crippen molar-refractivity contribution in [2.45, 2.75) is 6.61 Å². The molecule has 0 aromatic heterocycles. The first kappa shape index (κ1) is 15.0. The Hall–Kier alpha value is -2.07. The van der Waals surface area contributed by atoms with Crippen molar-refractivity contribution in [2.24, 2.45) is 5.73 Å². The van der Waals surface area contributed by atoms with Crippen molar-refractivity contribution in [3.05, 3.63) is 65.5 Å². The quantitative estimate of drug-likeness (QED) is 0.668. The zero-order valence-electron chi connectivity index (χ0n) is 10.1. The van der Waals surface area contributed by atoms with Gasteiger partial charge >= 0.3 is 0 Å². The second-order valence-electron chi connectivity index (χ2n) is 3.83. The zero-order valence-corrected chi connectivity index (χ0v) is 10.9. The van der Waals surface area contributed by atoms with E-state index in [0.717, 1.165) is 5.56 Å². The van der Waals surface area contributed by atoms with E-state index in [-0.39, 0.29) is 23.8 Å². The smallest absolute Gasteiger partial charge is 0.137 e. The highest BCUT2D eigenvalue weighted by molar-refractivity contribution is 5.95. The number of amidine groups is 1. The van der Waals surface area contributed by atoms with Crippen LogP contribution in [0.25, 0.3) is 0 Å². The van der Waals surface area contributed by atoms with Gasteiger partial charge in [0.15, 0.2) is 0 Å². The summed E-state index contributed by atoms with van der Waals surface area (Å²) in [6, 6.07) is 13.9. The number of hydrogen-bond donors (Lipinski definition) is 2. The van der Waals surface area contributed by atoms with Gasteiger partial charge in [-0.1, -0.05) is 30.3 Å². The fraction of sp³-hybridized carbons (Fsp3) is 0.0714. The van der Waals surface area contributed by atoms with Gasteiger partial charge in [-0.2, -0.15) is 0 Å². The molecule has 0 amide bonds. The Bertz CT molecular complexity index is 561. The van der Waals surface area contributed by atoms with E-state index in [0.29, 0.717) is 12.4 Å². The highest BCUT2D eigenvalue weighted by atomic mass is 35.5. The third-order valence-electron chi connectivity index (χ3n) is 2.48. The number of nitrogen functional groups attached to an aromatic ring is 1. The Kier molecular flexibility index (Phi) is 5.33. The lowest BCUT2D eigenvalue weighted by Crippen LogP contribution is -2.13. The summed E-state index contributed by atoms with van der Waals surface area (Å²) in [5, 5.41) is 7.18. The van der Waals surface area contributed by atoms with Crippen LogP contribution in [0.2, 0.25) is 0 Å². The van der Waals surface area contributed by atoms with Gasteiger partial charge in [-0.3, -0.25) is 5.41 Å². The van der Waals surface area contributed by atoms with E-state index in [1.807, 2.05) is 30.3 Å². The Labute approximate surface area is 117 Å². The topological polar surface area (TPSA) is 59.1 Å². The Morgan fingerprint density at radius 2 is 1.84 bits per heavy atom. The van der Waals surface area contributed by atoms with Gasteiger partial charge in [-0.05, 0) is 17.7 Å². The van der Waals surface area contributed by atoms with Crippen LogP contribution in [0.5, 0.6) is 5.75 Å². The summed E-state index contributed by atoms with van der Waals surface area (Å²) >= 11 is 0. The van der Waals surface area contributed by atoms with Crippen LogP contribution in [-0.4, -0.2) is 5.84 Å². The van der Waals surface area contributed by atoms with E-state index in [1.54, 1.807) is 6.07 Å². The molecule has 0 saturated heterocycles. The minimum Gasteiger partial charge on any atom is -0.489 e. The summed E-state index contributed by atoms with van der Waals surface area (Å²) in [6.07, 6.45) is 0. The fourth-order valence-electron chi connectivity index (χ4n) is 1.54. The van der Waals surface area contributed by atoms with Crippen molar-refractivity contribution in [1.82, 2.24) is 0 Å². The highest BCUT2D eigenvalue weighted by Crippen LogP contribution is 2.17. The summed E-state index contributed by atoms with van der Waals surface area (Å²) in [5.74, 6) is -0.420. The summed E-state index contributed by atoms with van der Waals surface area (Å²) in [7, 11) is 0. The van der Waals surface area contributed by atoms with Crippen molar-refractivity contribution >= 4 is 18.2 Å². The zero-order chi connectivity index (χ0) is 13.0. The second-order valence-corrected chi connectivity index (χ2v) is 3.83. The van der Waals surface area contributed by atoms with Gasteiger partial charge in [-0.25, -0.2) is 4.39 Å². The first-order chi connectivity index (χ1) is 8.66. The van der Waals surface area contributed by atoms with Gasteiger partial charge < -0.3 is 10.5 Å². The van der Waals surface area contributed by atoms with Gasteiger partial charge in [0.2, 0.25) is 0 Å². The first-order valence-electron chi connectivity index (χ1n) is 5.47. The molecule has 0 fully saturated rings. The lowest BCUT2D eigenvalue weighted by Gasteiger charge is -2.08. The SMILES string of the molecule is Cl.N=C(N)c1ccc(OCc2ccccc2)cc1F. The summed E-state index contributed by atoms with van der Waals surface area (Å²) in [6.45, 7) is 0.375. The summed E-state index contributed by atoms with van der Waals surface area (Å²) < 4.78 is 19.0. The largest absolute Gasteiger partial charge is 0.489 e. The van der Waals surface area contributed by atoms with Crippen LogP contribution in [0.4, 0.5) is 4.39 Å². The molecule has 0 atom stereocenters. The molecule has 19 heavy (non-hydrogen) atoms. The van der Waals surface area contributed by atoms with E-state index in [4.69, 9.17) is 15.9 Å². The van der Waals surface area contributed by atoms with Crippen LogP contribution in [0.3, 0.4) is 0 Å². The molecule has 100 valence electrons. The lowest BCUT2D eigenvalue weighted by atomic mass is 10.2. The molecule has 2 aromatic carbocycles. The lowest BCUT2D eigenvalue weighted by molar-refractivity contribution is 0.304. The van der Waals surface area contributed by atoms with E-state index < -0.39 is 5.82 Å². The Morgan fingerprint density at radius 3 is 2.42 bits per heavy atom. The predicted octanol–water partition coefficient (Wildman–Crippen LogP) is 3.11. The molecular weight excluding hydrogens is 267 g/mol. The number of benzene rings is 2. The third kappa shape index (κ3) is 3.96. The van der Waals surface area contributed by atoms with Gasteiger partial charge in [0.05, 0.1) is 5.56 Å². The van der Waals surface area contributed by atoms with Crippen LogP contribution < -0.4 is 10.5 Å². The number of ether oxygens (including phenoxy) is 1. The molecule has 0 saturated carbocycles. The molecule has 2 aromatic rings. The molecular formula is C14H14ClFN2O. The number of hydrogen-bond acceptors (Lipinski definition) is 2. The molecule has 0 heterocycles. The van der Waals surface area contributed by atoms with Crippen LogP contribution in [-0.2, 0) is 6.61 Å². The van der Waals surface area contributed by atoms with Crippen molar-refractivity contribution in [3.8, 4) is 5.75 Å². The normalized spacial score (nSPS) is 9.53. The first-order valence-corrected chi connectivity index (χ1v) is 5.47. The molecule has 0 radical (unpaired) electrons. The van der Waals surface area contributed by atoms with Gasteiger partial charge in [-0.15, -0.1) is 12.4 Å². The third-order valence-corrected chi connectivity index (χ3v) is 2.48. The van der Waals surface area contributed by atoms with Crippen LogP contribution in [0, 0.1) is 11.2 Å². The molecule has 0 unspecified atom stereocenters. The molecule has 5 heteroatoms. The number of nitrogens with two attached hydrogens (primary N) is 1. The Balaban J connectivity index is 0.00000180. The number of halogens is 2. The van der Waals surface area contributed by atoms with E-state index in [2.05, 4.69) is 0 Å².